The molecule has 0 atom stereocenters. The Morgan fingerprint density at radius 1 is 0.914 bits per heavy atom. The van der Waals surface area contributed by atoms with Gasteiger partial charge < -0.3 is 14.5 Å². The van der Waals surface area contributed by atoms with E-state index >= 15 is 0 Å². The van der Waals surface area contributed by atoms with Crippen LogP contribution in [0, 0.1) is 6.92 Å². The number of aromatic nitrogens is 3. The Labute approximate surface area is 203 Å². The smallest absolute Gasteiger partial charge is 0.281 e. The van der Waals surface area contributed by atoms with Crippen molar-refractivity contribution in [2.24, 2.45) is 0 Å². The fourth-order valence-electron chi connectivity index (χ4n) is 3.63. The molecule has 5 rings (SSSR count). The number of carbonyl (C=O) groups is 1. The summed E-state index contributed by atoms with van der Waals surface area (Å²) in [6.07, 6.45) is 1.55. The van der Waals surface area contributed by atoms with Crippen LogP contribution in [0.2, 0.25) is 0 Å². The van der Waals surface area contributed by atoms with Gasteiger partial charge in [-0.1, -0.05) is 60.7 Å². The Bertz CT molecular complexity index is 1410. The van der Waals surface area contributed by atoms with Gasteiger partial charge in [0.2, 0.25) is 11.8 Å². The van der Waals surface area contributed by atoms with Crippen molar-refractivity contribution in [2.75, 3.05) is 5.32 Å². The molecule has 5 aromatic rings. The van der Waals surface area contributed by atoms with Crippen molar-refractivity contribution in [1.82, 2.24) is 14.8 Å². The molecule has 0 aliphatic heterocycles. The third kappa shape index (κ3) is 5.14. The molecule has 0 fully saturated rings. The quantitative estimate of drug-likeness (QED) is 0.316. The number of ether oxygens (including phenoxy) is 1. The fourth-order valence-corrected chi connectivity index (χ4v) is 3.63. The molecule has 0 aliphatic rings. The van der Waals surface area contributed by atoms with E-state index in [1.165, 1.54) is 4.68 Å². The first kappa shape index (κ1) is 22.2. The fraction of sp³-hybridized carbons (Fsp3) is 0.107. The first-order chi connectivity index (χ1) is 17.2. The summed E-state index contributed by atoms with van der Waals surface area (Å²) in [5.74, 6) is 1.69. The molecule has 0 saturated heterocycles. The van der Waals surface area contributed by atoms with Gasteiger partial charge in [-0.25, -0.2) is 0 Å². The van der Waals surface area contributed by atoms with Crippen molar-refractivity contribution in [2.45, 2.75) is 20.1 Å². The minimum Gasteiger partial charge on any atom is -0.489 e. The van der Waals surface area contributed by atoms with Crippen molar-refractivity contribution in [1.29, 1.82) is 0 Å². The maximum atomic E-state index is 13.3. The van der Waals surface area contributed by atoms with E-state index < -0.39 is 0 Å². The minimum absolute atomic E-state index is 0.263. The van der Waals surface area contributed by atoms with Crippen LogP contribution in [0.25, 0.3) is 11.6 Å². The van der Waals surface area contributed by atoms with E-state index in [1.54, 1.807) is 24.5 Å². The van der Waals surface area contributed by atoms with Gasteiger partial charge in [0.1, 0.15) is 12.4 Å². The topological polar surface area (TPSA) is 82.2 Å². The normalized spacial score (nSPS) is 10.8. The van der Waals surface area contributed by atoms with E-state index in [9.17, 15) is 4.79 Å². The lowest BCUT2D eigenvalue weighted by atomic mass is 10.1. The Hall–Kier alpha value is -4.65. The predicted octanol–water partition coefficient (Wildman–Crippen LogP) is 5.73. The number of carbonyl (C=O) groups excluding carboxylic acids is 1. The van der Waals surface area contributed by atoms with E-state index in [-0.39, 0.29) is 5.91 Å². The highest BCUT2D eigenvalue weighted by Gasteiger charge is 2.20. The molecular weight excluding hydrogens is 440 g/mol. The van der Waals surface area contributed by atoms with Gasteiger partial charge >= 0.3 is 0 Å². The number of aryl methyl sites for hydroxylation is 1. The van der Waals surface area contributed by atoms with Crippen molar-refractivity contribution < 1.29 is 13.9 Å². The molecule has 174 valence electrons. The Balaban J connectivity index is 1.32. The molecule has 2 heterocycles. The molecule has 0 unspecified atom stereocenters. The van der Waals surface area contributed by atoms with Crippen LogP contribution in [0.1, 0.15) is 27.0 Å². The van der Waals surface area contributed by atoms with Crippen LogP contribution >= 0.6 is 0 Å². The number of anilines is 1. The molecular formula is C28H24N4O3. The third-order valence-corrected chi connectivity index (χ3v) is 5.54. The number of benzene rings is 3. The van der Waals surface area contributed by atoms with Crippen LogP contribution in [0.3, 0.4) is 0 Å². The highest BCUT2D eigenvalue weighted by molar-refractivity contribution is 5.98. The van der Waals surface area contributed by atoms with Crippen LogP contribution in [0.5, 0.6) is 5.75 Å². The number of hydrogen-bond acceptors (Lipinski definition) is 6. The lowest BCUT2D eigenvalue weighted by Crippen LogP contribution is -2.18. The molecule has 3 aromatic carbocycles. The number of hydrogen-bond donors (Lipinski definition) is 1. The van der Waals surface area contributed by atoms with E-state index in [0.717, 1.165) is 22.4 Å². The second-order valence-electron chi connectivity index (χ2n) is 8.04. The molecule has 0 aliphatic carbocycles. The second kappa shape index (κ2) is 10.1. The molecule has 7 heteroatoms. The predicted molar refractivity (Wildman–Crippen MR) is 133 cm³/mol. The van der Waals surface area contributed by atoms with Gasteiger partial charge in [0.25, 0.3) is 5.91 Å². The maximum absolute atomic E-state index is 13.3. The highest BCUT2D eigenvalue weighted by Crippen LogP contribution is 2.21. The molecule has 0 amide bonds. The van der Waals surface area contributed by atoms with Gasteiger partial charge in [-0.15, -0.1) is 5.10 Å². The summed E-state index contributed by atoms with van der Waals surface area (Å²) in [5.41, 5.74) is 3.55. The summed E-state index contributed by atoms with van der Waals surface area (Å²) in [5, 5.41) is 7.67. The first-order valence-electron chi connectivity index (χ1n) is 11.3. The third-order valence-electron chi connectivity index (χ3n) is 5.54. The summed E-state index contributed by atoms with van der Waals surface area (Å²) in [7, 11) is 0. The number of rotatable bonds is 8. The lowest BCUT2D eigenvalue weighted by molar-refractivity contribution is 0.0947. The van der Waals surface area contributed by atoms with Gasteiger partial charge in [0, 0.05) is 12.1 Å². The molecule has 35 heavy (non-hydrogen) atoms. The standard InChI is InChI=1S/C28H24N4O3/c1-20-8-5-6-11-24(20)27(33)32-28(30-26(31-32)25-12-7-17-34-25)29-18-21-13-15-23(16-14-21)35-19-22-9-3-2-4-10-22/h2-17H,18-19H2,1H3,(H,29,30,31). The SMILES string of the molecule is Cc1ccccc1C(=O)n1nc(-c2ccco2)nc1NCc1ccc(OCc2ccccc2)cc1. The average molecular weight is 465 g/mol. The van der Waals surface area contributed by atoms with Crippen molar-refractivity contribution >= 4 is 11.9 Å². The Morgan fingerprint density at radius 3 is 2.43 bits per heavy atom. The van der Waals surface area contributed by atoms with Crippen LogP contribution in [-0.4, -0.2) is 20.7 Å². The van der Waals surface area contributed by atoms with Gasteiger partial charge in [0.15, 0.2) is 5.76 Å². The Morgan fingerprint density at radius 2 is 1.69 bits per heavy atom. The number of nitrogens with zero attached hydrogens (tertiary/aromatic N) is 3. The zero-order valence-electron chi connectivity index (χ0n) is 19.2. The van der Waals surface area contributed by atoms with E-state index in [4.69, 9.17) is 9.15 Å². The summed E-state index contributed by atoms with van der Waals surface area (Å²) >= 11 is 0. The van der Waals surface area contributed by atoms with E-state index in [1.807, 2.05) is 79.7 Å². The number of nitrogens with one attached hydrogen (secondary N) is 1. The monoisotopic (exact) mass is 464 g/mol. The van der Waals surface area contributed by atoms with Gasteiger partial charge in [-0.2, -0.15) is 9.67 Å². The van der Waals surface area contributed by atoms with Crippen LogP contribution in [0.15, 0.2) is 102 Å². The summed E-state index contributed by atoms with van der Waals surface area (Å²) in [6.45, 7) is 2.86. The van der Waals surface area contributed by atoms with Crippen LogP contribution in [-0.2, 0) is 13.2 Å². The molecule has 0 bridgehead atoms. The van der Waals surface area contributed by atoms with Gasteiger partial charge in [-0.05, 0) is 53.9 Å². The molecule has 7 nitrogen and oxygen atoms in total. The molecule has 0 radical (unpaired) electrons. The van der Waals surface area contributed by atoms with Gasteiger partial charge in [0.05, 0.1) is 6.26 Å². The number of furan rings is 1. The molecule has 2 aromatic heterocycles. The maximum Gasteiger partial charge on any atom is 0.281 e. The lowest BCUT2D eigenvalue weighted by Gasteiger charge is -2.10. The summed E-state index contributed by atoms with van der Waals surface area (Å²) in [6, 6.07) is 28.8. The van der Waals surface area contributed by atoms with Crippen molar-refractivity contribution in [3.8, 4) is 17.3 Å². The van der Waals surface area contributed by atoms with Crippen LogP contribution < -0.4 is 10.1 Å². The molecule has 0 spiro atoms. The first-order valence-corrected chi connectivity index (χ1v) is 11.3. The largest absolute Gasteiger partial charge is 0.489 e. The molecule has 0 saturated carbocycles. The Kier molecular flexibility index (Phi) is 6.39. The summed E-state index contributed by atoms with van der Waals surface area (Å²) < 4.78 is 12.6. The zero-order chi connectivity index (χ0) is 24.0. The summed E-state index contributed by atoms with van der Waals surface area (Å²) in [4.78, 5) is 17.8. The minimum atomic E-state index is -0.263. The van der Waals surface area contributed by atoms with E-state index in [0.29, 0.717) is 36.2 Å². The van der Waals surface area contributed by atoms with Crippen molar-refractivity contribution in [3.63, 3.8) is 0 Å². The van der Waals surface area contributed by atoms with E-state index in [2.05, 4.69) is 15.4 Å². The average Bonchev–Trinajstić information content (AvgIpc) is 3.58. The van der Waals surface area contributed by atoms with Gasteiger partial charge in [-0.3, -0.25) is 4.79 Å². The van der Waals surface area contributed by atoms with Crippen molar-refractivity contribution in [3.05, 3.63) is 120 Å². The zero-order valence-corrected chi connectivity index (χ0v) is 19.2. The molecule has 1 N–H and O–H groups in total. The van der Waals surface area contributed by atoms with Crippen LogP contribution in [0.4, 0.5) is 5.95 Å². The highest BCUT2D eigenvalue weighted by atomic mass is 16.5. The second-order valence-corrected chi connectivity index (χ2v) is 8.04.